The first kappa shape index (κ1) is 19.6. The van der Waals surface area contributed by atoms with Crippen LogP contribution in [0.3, 0.4) is 0 Å². The first-order valence-corrected chi connectivity index (χ1v) is 8.83. The van der Waals surface area contributed by atoms with Crippen molar-refractivity contribution < 1.29 is 19.1 Å². The molecule has 0 aliphatic heterocycles. The number of nitrogens with one attached hydrogen (secondary N) is 1. The molecule has 0 aliphatic rings. The van der Waals surface area contributed by atoms with Gasteiger partial charge in [0.15, 0.2) is 12.4 Å². The number of hydrogen-bond acceptors (Lipinski definition) is 6. The van der Waals surface area contributed by atoms with Gasteiger partial charge in [-0.05, 0) is 37.3 Å². The first-order valence-electron chi connectivity index (χ1n) is 7.64. The largest absolute Gasteiger partial charge is 0.456 e. The topological polar surface area (TPSA) is 96.3 Å². The number of Topliss-reactive ketones (excluding diaryl/α,β-unsaturated/α-hetero) is 1. The normalized spacial score (nSPS) is 10.0. The number of anilines is 1. The van der Waals surface area contributed by atoms with Gasteiger partial charge in [0.1, 0.15) is 6.07 Å². The summed E-state index contributed by atoms with van der Waals surface area (Å²) in [7, 11) is 0. The van der Waals surface area contributed by atoms with Gasteiger partial charge in [0, 0.05) is 17.0 Å². The van der Waals surface area contributed by atoms with E-state index in [-0.39, 0.29) is 23.6 Å². The number of nitriles is 1. The van der Waals surface area contributed by atoms with E-state index < -0.39 is 18.5 Å². The van der Waals surface area contributed by atoms with Crippen LogP contribution in [-0.2, 0) is 14.3 Å². The van der Waals surface area contributed by atoms with Gasteiger partial charge in [-0.15, -0.1) is 11.3 Å². The molecule has 0 fully saturated rings. The predicted molar refractivity (Wildman–Crippen MR) is 98.4 cm³/mol. The van der Waals surface area contributed by atoms with Gasteiger partial charge < -0.3 is 10.1 Å². The van der Waals surface area contributed by atoms with Crippen LogP contribution in [0.2, 0.25) is 5.02 Å². The summed E-state index contributed by atoms with van der Waals surface area (Å²) in [6.07, 6.45) is -0.0581. The molecule has 1 amide bonds. The van der Waals surface area contributed by atoms with E-state index >= 15 is 0 Å². The molecule has 134 valence electrons. The first-order chi connectivity index (χ1) is 12.4. The maximum Gasteiger partial charge on any atom is 0.306 e. The number of nitrogens with zero attached hydrogens (tertiary/aromatic N) is 1. The molecule has 0 saturated heterocycles. The van der Waals surface area contributed by atoms with Crippen LogP contribution in [0, 0.1) is 18.3 Å². The minimum absolute atomic E-state index is 0.0334. The van der Waals surface area contributed by atoms with E-state index in [2.05, 4.69) is 5.32 Å². The van der Waals surface area contributed by atoms with E-state index in [1.165, 1.54) is 29.5 Å². The Morgan fingerprint density at radius 2 is 2.00 bits per heavy atom. The zero-order chi connectivity index (χ0) is 19.1. The minimum Gasteiger partial charge on any atom is -0.456 e. The maximum absolute atomic E-state index is 11.9. The summed E-state index contributed by atoms with van der Waals surface area (Å²) in [5, 5.41) is 11.5. The van der Waals surface area contributed by atoms with Crippen LogP contribution >= 0.6 is 22.9 Å². The van der Waals surface area contributed by atoms with Crippen molar-refractivity contribution in [1.29, 1.82) is 5.26 Å². The Labute approximate surface area is 159 Å². The monoisotopic (exact) mass is 390 g/mol. The summed E-state index contributed by atoms with van der Waals surface area (Å²) in [6.45, 7) is 1.43. The number of thiophene rings is 1. The van der Waals surface area contributed by atoms with Crippen LogP contribution in [0.4, 0.5) is 5.69 Å². The summed E-state index contributed by atoms with van der Waals surface area (Å²) in [4.78, 5) is 37.0. The van der Waals surface area contributed by atoms with E-state index in [0.717, 1.165) is 4.88 Å². The van der Waals surface area contributed by atoms with Crippen molar-refractivity contribution >= 4 is 46.3 Å². The van der Waals surface area contributed by atoms with Gasteiger partial charge in [0.05, 0.1) is 21.9 Å². The molecule has 2 aromatic rings. The molecule has 1 aromatic carbocycles. The lowest BCUT2D eigenvalue weighted by Crippen LogP contribution is -2.21. The van der Waals surface area contributed by atoms with Crippen molar-refractivity contribution in [3.63, 3.8) is 0 Å². The molecular weight excluding hydrogens is 376 g/mol. The van der Waals surface area contributed by atoms with Gasteiger partial charge in [-0.3, -0.25) is 14.4 Å². The fourth-order valence-corrected chi connectivity index (χ4v) is 3.08. The van der Waals surface area contributed by atoms with Gasteiger partial charge >= 0.3 is 5.97 Å². The number of carbonyl (C=O) groups excluding carboxylic acids is 3. The highest BCUT2D eigenvalue weighted by Gasteiger charge is 2.13. The maximum atomic E-state index is 11.9. The van der Waals surface area contributed by atoms with Crippen molar-refractivity contribution in [3.05, 3.63) is 50.7 Å². The summed E-state index contributed by atoms with van der Waals surface area (Å²) < 4.78 is 4.86. The summed E-state index contributed by atoms with van der Waals surface area (Å²) in [5.41, 5.74) is 0.681. The number of rotatable bonds is 7. The molecule has 2 rings (SSSR count). The van der Waals surface area contributed by atoms with Crippen molar-refractivity contribution in [2.75, 3.05) is 11.9 Å². The molecule has 1 aromatic heterocycles. The Hall–Kier alpha value is -2.69. The molecule has 0 unspecified atom stereocenters. The third kappa shape index (κ3) is 5.69. The van der Waals surface area contributed by atoms with Crippen molar-refractivity contribution in [2.45, 2.75) is 19.8 Å². The molecule has 8 heteroatoms. The molecule has 0 saturated carbocycles. The number of halogens is 1. The molecule has 1 N–H and O–H groups in total. The van der Waals surface area contributed by atoms with E-state index in [0.29, 0.717) is 16.1 Å². The number of ketones is 1. The van der Waals surface area contributed by atoms with Gasteiger partial charge in [0.25, 0.3) is 5.91 Å². The minimum atomic E-state index is -0.625. The number of esters is 1. The highest BCUT2D eigenvalue weighted by atomic mass is 35.5. The van der Waals surface area contributed by atoms with Gasteiger partial charge in [0.2, 0.25) is 0 Å². The van der Waals surface area contributed by atoms with Gasteiger partial charge in [-0.25, -0.2) is 0 Å². The average molecular weight is 391 g/mol. The molecular formula is C18H15ClN2O4S. The van der Waals surface area contributed by atoms with Crippen LogP contribution in [0.25, 0.3) is 0 Å². The fourth-order valence-electron chi connectivity index (χ4n) is 2.02. The van der Waals surface area contributed by atoms with Gasteiger partial charge in [-0.2, -0.15) is 5.26 Å². The lowest BCUT2D eigenvalue weighted by atomic mass is 10.2. The van der Waals surface area contributed by atoms with Gasteiger partial charge in [-0.1, -0.05) is 11.6 Å². The quantitative estimate of drug-likeness (QED) is 0.574. The standard InChI is InChI=1S/C18H15ClN2O4S/c1-11-2-6-16(26-11)15(22)5-7-18(24)25-10-17(23)21-13-4-3-12(9-20)14(19)8-13/h2-4,6,8H,5,7,10H2,1H3,(H,21,23). The van der Waals surface area contributed by atoms with Crippen LogP contribution < -0.4 is 5.32 Å². The van der Waals surface area contributed by atoms with E-state index in [1.807, 2.05) is 19.1 Å². The Morgan fingerprint density at radius 1 is 1.23 bits per heavy atom. The number of benzene rings is 1. The Morgan fingerprint density at radius 3 is 2.62 bits per heavy atom. The van der Waals surface area contributed by atoms with Crippen LogP contribution in [-0.4, -0.2) is 24.3 Å². The summed E-state index contributed by atoms with van der Waals surface area (Å²) >= 11 is 7.25. The van der Waals surface area contributed by atoms with E-state index in [9.17, 15) is 14.4 Å². The average Bonchev–Trinajstić information content (AvgIpc) is 3.04. The number of ether oxygens (including phenoxy) is 1. The number of aryl methyl sites for hydroxylation is 1. The molecule has 0 bridgehead atoms. The Kier molecular flexibility index (Phi) is 6.89. The third-order valence-electron chi connectivity index (χ3n) is 3.31. The van der Waals surface area contributed by atoms with E-state index in [4.69, 9.17) is 21.6 Å². The highest BCUT2D eigenvalue weighted by Crippen LogP contribution is 2.20. The summed E-state index contributed by atoms with van der Waals surface area (Å²) in [6, 6.07) is 9.91. The van der Waals surface area contributed by atoms with Crippen LogP contribution in [0.5, 0.6) is 0 Å². The number of carbonyl (C=O) groups is 3. The molecule has 26 heavy (non-hydrogen) atoms. The zero-order valence-corrected chi connectivity index (χ0v) is 15.4. The lowest BCUT2D eigenvalue weighted by Gasteiger charge is -2.07. The van der Waals surface area contributed by atoms with Crippen molar-refractivity contribution in [1.82, 2.24) is 0 Å². The second-order valence-corrected chi connectivity index (χ2v) is 7.04. The number of hydrogen-bond donors (Lipinski definition) is 1. The SMILES string of the molecule is Cc1ccc(C(=O)CCC(=O)OCC(=O)Nc2ccc(C#N)c(Cl)c2)s1. The number of amides is 1. The third-order valence-corrected chi connectivity index (χ3v) is 4.66. The molecule has 0 aliphatic carbocycles. The highest BCUT2D eigenvalue weighted by molar-refractivity contribution is 7.14. The lowest BCUT2D eigenvalue weighted by molar-refractivity contribution is -0.147. The van der Waals surface area contributed by atoms with Crippen LogP contribution in [0.1, 0.15) is 33.0 Å². The zero-order valence-electron chi connectivity index (χ0n) is 13.9. The van der Waals surface area contributed by atoms with Crippen molar-refractivity contribution in [2.24, 2.45) is 0 Å². The second kappa shape index (κ2) is 9.13. The predicted octanol–water partition coefficient (Wildman–Crippen LogP) is 3.73. The second-order valence-electron chi connectivity index (χ2n) is 5.35. The Balaban J connectivity index is 1.74. The molecule has 0 radical (unpaired) electrons. The summed E-state index contributed by atoms with van der Waals surface area (Å²) in [5.74, 6) is -1.30. The molecule has 1 heterocycles. The van der Waals surface area contributed by atoms with Crippen LogP contribution in [0.15, 0.2) is 30.3 Å². The van der Waals surface area contributed by atoms with Crippen molar-refractivity contribution in [3.8, 4) is 6.07 Å². The smallest absolute Gasteiger partial charge is 0.306 e. The van der Waals surface area contributed by atoms with E-state index in [1.54, 1.807) is 6.07 Å². The molecule has 0 spiro atoms. The fraction of sp³-hybridized carbons (Fsp3) is 0.222. The molecule has 6 nitrogen and oxygen atoms in total. The Bertz CT molecular complexity index is 886. The molecule has 0 atom stereocenters.